The van der Waals surface area contributed by atoms with Crippen LogP contribution in [0.2, 0.25) is 0 Å². The number of aromatic nitrogens is 2. The van der Waals surface area contributed by atoms with Crippen molar-refractivity contribution in [1.29, 1.82) is 0 Å². The Hall–Kier alpha value is -4.33. The van der Waals surface area contributed by atoms with E-state index in [-0.39, 0.29) is 18.4 Å². The van der Waals surface area contributed by atoms with Gasteiger partial charge in [0.05, 0.1) is 24.4 Å². The number of carbonyl (C=O) groups excluding carboxylic acids is 2. The van der Waals surface area contributed by atoms with Crippen LogP contribution in [-0.4, -0.2) is 35.7 Å². The van der Waals surface area contributed by atoms with Crippen LogP contribution in [0.4, 0.5) is 11.4 Å². The molecule has 4 rings (SSSR count). The number of amides is 2. The van der Waals surface area contributed by atoms with Crippen molar-refractivity contribution in [2.45, 2.75) is 0 Å². The van der Waals surface area contributed by atoms with Crippen molar-refractivity contribution in [3.63, 3.8) is 0 Å². The number of nitrogens with one attached hydrogen (secondary N) is 3. The van der Waals surface area contributed by atoms with E-state index < -0.39 is 0 Å². The molecule has 8 heteroatoms. The molecule has 0 unspecified atom stereocenters. The van der Waals surface area contributed by atoms with Crippen molar-refractivity contribution in [3.8, 4) is 11.5 Å². The van der Waals surface area contributed by atoms with Crippen LogP contribution in [0.3, 0.4) is 0 Å². The molecule has 3 N–H and O–H groups in total. The molecule has 1 aromatic heterocycles. The summed E-state index contributed by atoms with van der Waals surface area (Å²) in [6.45, 7) is -0.182. The summed E-state index contributed by atoms with van der Waals surface area (Å²) in [5, 5.41) is 13.3. The zero-order chi connectivity index (χ0) is 21.6. The average molecular weight is 416 g/mol. The Labute approximate surface area is 178 Å². The van der Waals surface area contributed by atoms with Crippen molar-refractivity contribution < 1.29 is 19.1 Å². The fourth-order valence-corrected chi connectivity index (χ4v) is 3.11. The monoisotopic (exact) mass is 416 g/mol. The lowest BCUT2D eigenvalue weighted by Gasteiger charge is -2.11. The number of hydrogen-bond donors (Lipinski definition) is 3. The normalized spacial score (nSPS) is 10.5. The maximum absolute atomic E-state index is 12.7. The summed E-state index contributed by atoms with van der Waals surface area (Å²) in [6, 6.07) is 19.4. The van der Waals surface area contributed by atoms with Crippen molar-refractivity contribution in [3.05, 3.63) is 78.5 Å². The third kappa shape index (κ3) is 4.64. The quantitative estimate of drug-likeness (QED) is 0.425. The second kappa shape index (κ2) is 9.00. The molecule has 0 aliphatic rings. The van der Waals surface area contributed by atoms with Gasteiger partial charge in [0.2, 0.25) is 0 Å². The summed E-state index contributed by atoms with van der Waals surface area (Å²) in [5.74, 6) is 0.413. The van der Waals surface area contributed by atoms with Crippen molar-refractivity contribution in [1.82, 2.24) is 10.2 Å². The number of carbonyl (C=O) groups is 2. The van der Waals surface area contributed by atoms with E-state index in [9.17, 15) is 9.59 Å². The van der Waals surface area contributed by atoms with Gasteiger partial charge in [-0.2, -0.15) is 5.10 Å². The van der Waals surface area contributed by atoms with Gasteiger partial charge >= 0.3 is 0 Å². The summed E-state index contributed by atoms with van der Waals surface area (Å²) in [4.78, 5) is 25.0. The predicted molar refractivity (Wildman–Crippen MR) is 118 cm³/mol. The van der Waals surface area contributed by atoms with Crippen molar-refractivity contribution in [2.75, 3.05) is 24.4 Å². The zero-order valence-corrected chi connectivity index (χ0v) is 16.7. The molecule has 0 aliphatic carbocycles. The number of anilines is 2. The molecular formula is C23H20N4O4. The van der Waals surface area contributed by atoms with Crippen LogP contribution in [0.25, 0.3) is 10.9 Å². The first kappa shape index (κ1) is 20.0. The van der Waals surface area contributed by atoms with E-state index in [1.807, 2.05) is 12.1 Å². The Morgan fingerprint density at radius 2 is 1.68 bits per heavy atom. The Balaban J connectivity index is 1.39. The molecule has 3 aromatic carbocycles. The summed E-state index contributed by atoms with van der Waals surface area (Å²) >= 11 is 0. The standard InChI is InChI=1S/C23H20N4O4/c1-30-19-10-2-3-11-20(19)31-14-21(28)25-16-7-5-8-17(12-16)26-23(29)18-9-4-6-15-13-24-27-22(15)18/h2-13H,14H2,1H3,(H,24,27)(H,25,28)(H,26,29). The van der Waals surface area contributed by atoms with E-state index in [4.69, 9.17) is 9.47 Å². The van der Waals surface area contributed by atoms with Gasteiger partial charge in [-0.25, -0.2) is 0 Å². The van der Waals surface area contributed by atoms with Crippen LogP contribution in [0.5, 0.6) is 11.5 Å². The maximum Gasteiger partial charge on any atom is 0.262 e. The van der Waals surface area contributed by atoms with E-state index in [1.165, 1.54) is 7.11 Å². The minimum absolute atomic E-state index is 0.182. The number of methoxy groups -OCH3 is 1. The number of para-hydroxylation sites is 3. The third-order valence-corrected chi connectivity index (χ3v) is 4.55. The Morgan fingerprint density at radius 1 is 0.935 bits per heavy atom. The van der Waals surface area contributed by atoms with Gasteiger partial charge < -0.3 is 20.1 Å². The first-order valence-electron chi connectivity index (χ1n) is 9.53. The Kier molecular flexibility index (Phi) is 5.79. The highest BCUT2D eigenvalue weighted by molar-refractivity contribution is 6.12. The third-order valence-electron chi connectivity index (χ3n) is 4.55. The molecule has 0 aliphatic heterocycles. The van der Waals surface area contributed by atoms with Crippen LogP contribution < -0.4 is 20.1 Å². The predicted octanol–water partition coefficient (Wildman–Crippen LogP) is 3.84. The van der Waals surface area contributed by atoms with Gasteiger partial charge in [0.15, 0.2) is 18.1 Å². The Morgan fingerprint density at radius 3 is 2.48 bits per heavy atom. The van der Waals surface area contributed by atoms with Crippen LogP contribution in [0.15, 0.2) is 72.9 Å². The smallest absolute Gasteiger partial charge is 0.262 e. The van der Waals surface area contributed by atoms with E-state index in [0.717, 1.165) is 5.39 Å². The summed E-state index contributed by atoms with van der Waals surface area (Å²) in [5.41, 5.74) is 2.23. The molecule has 0 fully saturated rings. The zero-order valence-electron chi connectivity index (χ0n) is 16.7. The number of fused-ring (bicyclic) bond motifs is 1. The van der Waals surface area contributed by atoms with Gasteiger partial charge in [0.25, 0.3) is 11.8 Å². The van der Waals surface area contributed by atoms with Crippen LogP contribution >= 0.6 is 0 Å². The largest absolute Gasteiger partial charge is 0.493 e. The van der Waals surface area contributed by atoms with Gasteiger partial charge in [-0.15, -0.1) is 0 Å². The molecule has 0 radical (unpaired) electrons. The molecule has 31 heavy (non-hydrogen) atoms. The minimum atomic E-state index is -0.336. The van der Waals surface area contributed by atoms with Crippen LogP contribution in [0.1, 0.15) is 10.4 Å². The molecule has 0 saturated carbocycles. The number of ether oxygens (including phenoxy) is 2. The van der Waals surface area contributed by atoms with E-state index in [2.05, 4.69) is 20.8 Å². The van der Waals surface area contributed by atoms with Gasteiger partial charge in [-0.1, -0.05) is 30.3 Å². The molecule has 2 amide bonds. The lowest BCUT2D eigenvalue weighted by molar-refractivity contribution is -0.118. The van der Waals surface area contributed by atoms with Gasteiger partial charge in [-0.3, -0.25) is 14.7 Å². The summed E-state index contributed by atoms with van der Waals surface area (Å²) in [7, 11) is 1.54. The fraction of sp³-hybridized carbons (Fsp3) is 0.0870. The van der Waals surface area contributed by atoms with Gasteiger partial charge in [0, 0.05) is 16.8 Å². The second-order valence-corrected chi connectivity index (χ2v) is 6.66. The van der Waals surface area contributed by atoms with Crippen LogP contribution in [-0.2, 0) is 4.79 Å². The molecule has 0 saturated heterocycles. The van der Waals surface area contributed by atoms with Crippen LogP contribution in [0, 0.1) is 0 Å². The highest BCUT2D eigenvalue weighted by Crippen LogP contribution is 2.25. The number of rotatable bonds is 7. The maximum atomic E-state index is 12.7. The minimum Gasteiger partial charge on any atom is -0.493 e. The summed E-state index contributed by atoms with van der Waals surface area (Å²) < 4.78 is 10.7. The van der Waals surface area contributed by atoms with Gasteiger partial charge in [-0.05, 0) is 36.4 Å². The topological polar surface area (TPSA) is 105 Å². The summed E-state index contributed by atoms with van der Waals surface area (Å²) in [6.07, 6.45) is 1.66. The number of nitrogens with zero attached hydrogens (tertiary/aromatic N) is 1. The molecule has 156 valence electrons. The lowest BCUT2D eigenvalue weighted by atomic mass is 10.1. The first-order chi connectivity index (χ1) is 15.1. The first-order valence-corrected chi connectivity index (χ1v) is 9.53. The molecule has 1 heterocycles. The average Bonchev–Trinajstić information content (AvgIpc) is 3.27. The van der Waals surface area contributed by atoms with Crippen molar-refractivity contribution >= 4 is 34.1 Å². The Bertz CT molecular complexity index is 1230. The molecule has 0 atom stereocenters. The van der Waals surface area contributed by atoms with Crippen molar-refractivity contribution in [2.24, 2.45) is 0 Å². The highest BCUT2D eigenvalue weighted by atomic mass is 16.5. The number of benzene rings is 3. The molecular weight excluding hydrogens is 396 g/mol. The van der Waals surface area contributed by atoms with E-state index in [0.29, 0.717) is 34.0 Å². The second-order valence-electron chi connectivity index (χ2n) is 6.66. The number of hydrogen-bond acceptors (Lipinski definition) is 5. The highest BCUT2D eigenvalue weighted by Gasteiger charge is 2.12. The lowest BCUT2D eigenvalue weighted by Crippen LogP contribution is -2.20. The SMILES string of the molecule is COc1ccccc1OCC(=O)Nc1cccc(NC(=O)c2cccc3cn[nH]c23)c1. The molecule has 0 spiro atoms. The molecule has 0 bridgehead atoms. The molecule has 8 nitrogen and oxygen atoms in total. The van der Waals surface area contributed by atoms with E-state index in [1.54, 1.807) is 60.8 Å². The van der Waals surface area contributed by atoms with Gasteiger partial charge in [0.1, 0.15) is 0 Å². The number of H-pyrrole nitrogens is 1. The van der Waals surface area contributed by atoms with E-state index >= 15 is 0 Å². The number of aromatic amines is 1. The fourth-order valence-electron chi connectivity index (χ4n) is 3.11. The molecule has 4 aromatic rings.